The highest BCUT2D eigenvalue weighted by Crippen LogP contribution is 2.46. The number of aromatic nitrogens is 4. The first-order valence-corrected chi connectivity index (χ1v) is 9.98. The fourth-order valence-electron chi connectivity index (χ4n) is 3.17. The molecule has 0 spiro atoms. The molecule has 6 nitrogen and oxygen atoms in total. The molecule has 2 heterocycles. The van der Waals surface area contributed by atoms with E-state index in [1.165, 1.54) is 16.9 Å². The molecule has 1 aliphatic carbocycles. The molecule has 164 valence electrons. The van der Waals surface area contributed by atoms with Gasteiger partial charge in [0.25, 0.3) is 0 Å². The number of rotatable bonds is 6. The molecule has 2 aromatic heterocycles. The quantitative estimate of drug-likeness (QED) is 0.503. The molecule has 0 radical (unpaired) electrons. The summed E-state index contributed by atoms with van der Waals surface area (Å²) in [6.07, 6.45) is -1.96. The first-order valence-electron chi connectivity index (χ1n) is 9.23. The monoisotopic (exact) mass is 475 g/mol. The number of hydrogen-bond donors (Lipinski definition) is 1. The van der Waals surface area contributed by atoms with Crippen LogP contribution in [0.15, 0.2) is 30.5 Å². The largest absolute Gasteiger partial charge is 0.436 e. The van der Waals surface area contributed by atoms with Crippen molar-refractivity contribution < 1.29 is 22.4 Å². The minimum Gasteiger partial charge on any atom is -0.306 e. The number of anilines is 1. The van der Waals surface area contributed by atoms with Gasteiger partial charge in [-0.3, -0.25) is 14.2 Å². The Morgan fingerprint density at radius 1 is 1.19 bits per heavy atom. The molecule has 3 aromatic rings. The average Bonchev–Trinajstić information content (AvgIpc) is 3.37. The highest BCUT2D eigenvalue weighted by molar-refractivity contribution is 6.33. The molecule has 0 unspecified atom stereocenters. The summed E-state index contributed by atoms with van der Waals surface area (Å²) in [5.74, 6) is -1.24. The zero-order chi connectivity index (χ0) is 22.3. The third kappa shape index (κ3) is 4.69. The topological polar surface area (TPSA) is 64.7 Å². The van der Waals surface area contributed by atoms with E-state index in [0.717, 1.165) is 4.68 Å². The summed E-state index contributed by atoms with van der Waals surface area (Å²) in [7, 11) is 0. The van der Waals surface area contributed by atoms with E-state index in [2.05, 4.69) is 15.5 Å². The van der Waals surface area contributed by atoms with Crippen molar-refractivity contribution in [1.82, 2.24) is 19.6 Å². The summed E-state index contributed by atoms with van der Waals surface area (Å²) < 4.78 is 55.6. The molecule has 0 aliphatic heterocycles. The van der Waals surface area contributed by atoms with Gasteiger partial charge >= 0.3 is 6.18 Å². The standard InChI is InChI=1S/C19H15Cl2F4N5O/c20-12-8-29(7-11-3-1-2-4-13(11)22)28-18(12)26-14(31)9-30-16(10-5-6-10)15(21)17(27-30)19(23,24)25/h1-4,8,10H,5-7,9H2,(H,26,28,31). The lowest BCUT2D eigenvalue weighted by Crippen LogP contribution is -2.22. The van der Waals surface area contributed by atoms with Crippen molar-refractivity contribution in [1.29, 1.82) is 0 Å². The number of nitrogens with zero attached hydrogens (tertiary/aromatic N) is 4. The van der Waals surface area contributed by atoms with Crippen LogP contribution in [0.25, 0.3) is 0 Å². The minimum absolute atomic E-state index is 0.00489. The van der Waals surface area contributed by atoms with Crippen molar-refractivity contribution in [3.05, 3.63) is 63.3 Å². The summed E-state index contributed by atoms with van der Waals surface area (Å²) >= 11 is 12.0. The number of nitrogens with one attached hydrogen (secondary N) is 1. The molecule has 0 saturated heterocycles. The SMILES string of the molecule is O=C(Cn1nc(C(F)(F)F)c(Cl)c1C1CC1)Nc1nn(Cc2ccccc2F)cc1Cl. The van der Waals surface area contributed by atoms with Gasteiger partial charge in [0.1, 0.15) is 17.4 Å². The minimum atomic E-state index is -4.72. The average molecular weight is 476 g/mol. The summed E-state index contributed by atoms with van der Waals surface area (Å²) in [6, 6.07) is 6.13. The molecule has 31 heavy (non-hydrogen) atoms. The van der Waals surface area contributed by atoms with Crippen LogP contribution >= 0.6 is 23.2 Å². The van der Waals surface area contributed by atoms with E-state index < -0.39 is 35.2 Å². The van der Waals surface area contributed by atoms with Crippen LogP contribution in [0.4, 0.5) is 23.4 Å². The number of hydrogen-bond acceptors (Lipinski definition) is 3. The lowest BCUT2D eigenvalue weighted by molar-refractivity contribution is -0.141. The van der Waals surface area contributed by atoms with Crippen LogP contribution in [0, 0.1) is 5.82 Å². The lowest BCUT2D eigenvalue weighted by atomic mass is 10.2. The van der Waals surface area contributed by atoms with Crippen molar-refractivity contribution in [3.8, 4) is 0 Å². The van der Waals surface area contributed by atoms with Crippen LogP contribution in [0.1, 0.15) is 35.7 Å². The zero-order valence-corrected chi connectivity index (χ0v) is 17.3. The molecule has 1 fully saturated rings. The van der Waals surface area contributed by atoms with Crippen molar-refractivity contribution in [2.24, 2.45) is 0 Å². The molecule has 1 amide bonds. The molecular weight excluding hydrogens is 461 g/mol. The Labute approximate surface area is 183 Å². The molecule has 0 bridgehead atoms. The van der Waals surface area contributed by atoms with Crippen LogP contribution in [0.5, 0.6) is 0 Å². The van der Waals surface area contributed by atoms with Crippen molar-refractivity contribution in [2.45, 2.75) is 38.0 Å². The zero-order valence-electron chi connectivity index (χ0n) is 15.8. The van der Waals surface area contributed by atoms with Gasteiger partial charge in [-0.15, -0.1) is 0 Å². The van der Waals surface area contributed by atoms with E-state index in [4.69, 9.17) is 23.2 Å². The fraction of sp³-hybridized carbons (Fsp3) is 0.316. The van der Waals surface area contributed by atoms with Crippen LogP contribution in [-0.2, 0) is 24.1 Å². The summed E-state index contributed by atoms with van der Waals surface area (Å²) in [5, 5.41) is 9.70. The van der Waals surface area contributed by atoms with Gasteiger partial charge in [0.05, 0.1) is 17.3 Å². The maximum absolute atomic E-state index is 13.8. The summed E-state index contributed by atoms with van der Waals surface area (Å²) in [6.45, 7) is -0.407. The van der Waals surface area contributed by atoms with Crippen molar-refractivity contribution >= 4 is 34.9 Å². The molecular formula is C19H15Cl2F4N5O. The third-order valence-electron chi connectivity index (χ3n) is 4.72. The lowest BCUT2D eigenvalue weighted by Gasteiger charge is -2.07. The Hall–Kier alpha value is -2.59. The van der Waals surface area contributed by atoms with Gasteiger partial charge in [0.2, 0.25) is 5.91 Å². The van der Waals surface area contributed by atoms with E-state index in [-0.39, 0.29) is 29.0 Å². The highest BCUT2D eigenvalue weighted by atomic mass is 35.5. The van der Waals surface area contributed by atoms with Crippen LogP contribution < -0.4 is 5.32 Å². The number of carbonyl (C=O) groups excluding carboxylic acids is 1. The Bertz CT molecular complexity index is 1140. The van der Waals surface area contributed by atoms with Crippen LogP contribution in [0.2, 0.25) is 10.0 Å². The molecule has 1 saturated carbocycles. The molecule has 1 N–H and O–H groups in total. The second kappa shape index (κ2) is 8.16. The predicted octanol–water partition coefficient (Wildman–Crippen LogP) is 5.11. The first-order chi connectivity index (χ1) is 14.6. The van der Waals surface area contributed by atoms with Crippen LogP contribution in [0.3, 0.4) is 0 Å². The Kier molecular flexibility index (Phi) is 5.69. The highest BCUT2D eigenvalue weighted by Gasteiger charge is 2.42. The third-order valence-corrected chi connectivity index (χ3v) is 5.37. The van der Waals surface area contributed by atoms with Gasteiger partial charge in [-0.25, -0.2) is 4.39 Å². The molecule has 4 rings (SSSR count). The fourth-order valence-corrected chi connectivity index (χ4v) is 3.77. The smallest absolute Gasteiger partial charge is 0.306 e. The molecule has 0 atom stereocenters. The van der Waals surface area contributed by atoms with Crippen LogP contribution in [-0.4, -0.2) is 25.5 Å². The Balaban J connectivity index is 1.50. The van der Waals surface area contributed by atoms with Crippen molar-refractivity contribution in [3.63, 3.8) is 0 Å². The Morgan fingerprint density at radius 2 is 1.90 bits per heavy atom. The van der Waals surface area contributed by atoms with Gasteiger partial charge < -0.3 is 5.32 Å². The van der Waals surface area contributed by atoms with Gasteiger partial charge in [-0.2, -0.15) is 23.4 Å². The maximum atomic E-state index is 13.8. The second-order valence-corrected chi connectivity index (χ2v) is 7.93. The first kappa shape index (κ1) is 21.6. The van der Waals surface area contributed by atoms with E-state index >= 15 is 0 Å². The summed E-state index contributed by atoms with van der Waals surface area (Å²) in [5.41, 5.74) is -0.643. The number of carbonyl (C=O) groups is 1. The van der Waals surface area contributed by atoms with E-state index in [0.29, 0.717) is 18.4 Å². The second-order valence-electron chi connectivity index (χ2n) is 7.14. The van der Waals surface area contributed by atoms with Crippen molar-refractivity contribution in [2.75, 3.05) is 5.32 Å². The van der Waals surface area contributed by atoms with Gasteiger partial charge in [0, 0.05) is 17.7 Å². The predicted molar refractivity (Wildman–Crippen MR) is 106 cm³/mol. The number of amides is 1. The molecule has 1 aromatic carbocycles. The van der Waals surface area contributed by atoms with Gasteiger partial charge in [0.15, 0.2) is 11.5 Å². The number of alkyl halides is 3. The summed E-state index contributed by atoms with van der Waals surface area (Å²) in [4.78, 5) is 12.5. The number of halogens is 6. The van der Waals surface area contributed by atoms with E-state index in [1.54, 1.807) is 18.2 Å². The normalized spacial score (nSPS) is 14.1. The van der Waals surface area contributed by atoms with E-state index in [9.17, 15) is 22.4 Å². The van der Waals surface area contributed by atoms with E-state index in [1.807, 2.05) is 0 Å². The molecule has 1 aliphatic rings. The van der Waals surface area contributed by atoms with Gasteiger partial charge in [-0.1, -0.05) is 41.4 Å². The number of benzene rings is 1. The van der Waals surface area contributed by atoms with Gasteiger partial charge in [-0.05, 0) is 18.9 Å². The maximum Gasteiger partial charge on any atom is 0.436 e. The Morgan fingerprint density at radius 3 is 2.55 bits per heavy atom. The molecule has 12 heteroatoms.